The number of aryl methyl sites for hydroxylation is 1. The highest BCUT2D eigenvalue weighted by Crippen LogP contribution is 2.36. The number of nitrogens with one attached hydrogen (secondary N) is 1. The van der Waals surface area contributed by atoms with Gasteiger partial charge in [0.25, 0.3) is 5.89 Å². The topological polar surface area (TPSA) is 61.6 Å². The van der Waals surface area contributed by atoms with Crippen LogP contribution in [0.5, 0.6) is 0 Å². The van der Waals surface area contributed by atoms with Gasteiger partial charge in [-0.25, -0.2) is 4.98 Å². The molecule has 0 bridgehead atoms. The molecule has 2 aliphatic rings. The number of hydrogen-bond acceptors (Lipinski definition) is 5. The summed E-state index contributed by atoms with van der Waals surface area (Å²) in [5.41, 5.74) is 2.05. The van der Waals surface area contributed by atoms with Crippen LogP contribution in [0.25, 0.3) is 0 Å². The van der Waals surface area contributed by atoms with E-state index in [9.17, 15) is 4.79 Å². The Labute approximate surface area is 200 Å². The highest BCUT2D eigenvalue weighted by atomic mass is 35.5. The number of halogens is 2. The Morgan fingerprint density at radius 3 is 2.66 bits per heavy atom. The zero-order valence-corrected chi connectivity index (χ0v) is 20.3. The summed E-state index contributed by atoms with van der Waals surface area (Å²) < 4.78 is 5.08. The third kappa shape index (κ3) is 5.41. The van der Waals surface area contributed by atoms with Gasteiger partial charge < -0.3 is 14.6 Å². The van der Waals surface area contributed by atoms with Crippen LogP contribution in [0.2, 0.25) is 10.0 Å². The minimum absolute atomic E-state index is 0.148. The lowest BCUT2D eigenvalue weighted by atomic mass is 9.84. The average Bonchev–Trinajstić information content (AvgIpc) is 3.33. The molecule has 1 amide bonds. The van der Waals surface area contributed by atoms with Crippen LogP contribution in [-0.2, 0) is 0 Å². The van der Waals surface area contributed by atoms with E-state index in [-0.39, 0.29) is 17.8 Å². The monoisotopic (exact) mass is 478 g/mol. The van der Waals surface area contributed by atoms with E-state index in [0.717, 1.165) is 69.0 Å². The Bertz CT molecular complexity index is 913. The summed E-state index contributed by atoms with van der Waals surface area (Å²) in [7, 11) is 0. The maximum absolute atomic E-state index is 12.1. The normalized spacial score (nSPS) is 24.5. The molecule has 8 heteroatoms. The Kier molecular flexibility index (Phi) is 7.64. The van der Waals surface area contributed by atoms with Crippen molar-refractivity contribution in [3.8, 4) is 0 Å². The molecule has 2 heterocycles. The molecule has 4 rings (SSSR count). The number of nitrogens with zero attached hydrogens (tertiary/aromatic N) is 3. The summed E-state index contributed by atoms with van der Waals surface area (Å²) in [4.78, 5) is 21.0. The number of oxazole rings is 1. The molecule has 1 saturated carbocycles. The first-order valence-corrected chi connectivity index (χ1v) is 12.3. The molecular weight excluding hydrogens is 447 g/mol. The SMILES string of the molecule is Cc1ccc(N2CCN(CCC3CCC(NC(=O)c4ncco4)CC3)CC2C)c(Cl)c1Cl. The summed E-state index contributed by atoms with van der Waals surface area (Å²) in [6.07, 6.45) is 8.49. The zero-order valence-electron chi connectivity index (χ0n) is 18.8. The third-order valence-electron chi connectivity index (χ3n) is 6.94. The fourth-order valence-corrected chi connectivity index (χ4v) is 5.48. The maximum atomic E-state index is 12.1. The van der Waals surface area contributed by atoms with Crippen LogP contribution in [0.4, 0.5) is 5.69 Å². The number of amides is 1. The first-order valence-electron chi connectivity index (χ1n) is 11.6. The average molecular weight is 479 g/mol. The predicted octanol–water partition coefficient (Wildman–Crippen LogP) is 5.18. The van der Waals surface area contributed by atoms with Crippen molar-refractivity contribution in [2.45, 2.75) is 58.0 Å². The second-order valence-corrected chi connectivity index (χ2v) is 9.95. The minimum Gasteiger partial charge on any atom is -0.441 e. The molecule has 1 aromatic heterocycles. The number of carbonyl (C=O) groups is 1. The second-order valence-electron chi connectivity index (χ2n) is 9.19. The highest BCUT2D eigenvalue weighted by molar-refractivity contribution is 6.44. The van der Waals surface area contributed by atoms with Crippen LogP contribution in [0.15, 0.2) is 29.0 Å². The van der Waals surface area contributed by atoms with Crippen LogP contribution in [0.3, 0.4) is 0 Å². The van der Waals surface area contributed by atoms with Crippen molar-refractivity contribution in [2.75, 3.05) is 31.1 Å². The van der Waals surface area contributed by atoms with Crippen LogP contribution >= 0.6 is 23.2 Å². The summed E-state index contributed by atoms with van der Waals surface area (Å²) in [6.45, 7) is 8.39. The molecule has 32 heavy (non-hydrogen) atoms. The molecule has 1 aliphatic heterocycles. The first-order chi connectivity index (χ1) is 15.4. The molecule has 1 N–H and O–H groups in total. The maximum Gasteiger partial charge on any atom is 0.307 e. The number of hydrogen-bond donors (Lipinski definition) is 1. The number of benzene rings is 1. The summed E-state index contributed by atoms with van der Waals surface area (Å²) in [5, 5.41) is 4.38. The number of anilines is 1. The van der Waals surface area contributed by atoms with E-state index in [1.807, 2.05) is 13.0 Å². The quantitative estimate of drug-likeness (QED) is 0.619. The number of carbonyl (C=O) groups excluding carboxylic acids is 1. The van der Waals surface area contributed by atoms with Gasteiger partial charge in [0.1, 0.15) is 6.26 Å². The summed E-state index contributed by atoms with van der Waals surface area (Å²) in [5.74, 6) is 0.665. The van der Waals surface area contributed by atoms with Gasteiger partial charge in [0.15, 0.2) is 0 Å². The van der Waals surface area contributed by atoms with Crippen LogP contribution in [0, 0.1) is 12.8 Å². The van der Waals surface area contributed by atoms with Gasteiger partial charge in [-0.2, -0.15) is 0 Å². The number of piperazine rings is 1. The minimum atomic E-state index is -0.208. The van der Waals surface area contributed by atoms with Crippen molar-refractivity contribution in [3.63, 3.8) is 0 Å². The molecule has 0 spiro atoms. The molecule has 6 nitrogen and oxygen atoms in total. The van der Waals surface area contributed by atoms with Gasteiger partial charge in [0.2, 0.25) is 0 Å². The van der Waals surface area contributed by atoms with Crippen LogP contribution in [-0.4, -0.2) is 54.1 Å². The fraction of sp³-hybridized carbons (Fsp3) is 0.583. The second kappa shape index (κ2) is 10.4. The van der Waals surface area contributed by atoms with Crippen molar-refractivity contribution >= 4 is 34.8 Å². The highest BCUT2D eigenvalue weighted by Gasteiger charge is 2.28. The van der Waals surface area contributed by atoms with E-state index in [1.54, 1.807) is 0 Å². The van der Waals surface area contributed by atoms with Gasteiger partial charge in [-0.05, 0) is 70.0 Å². The zero-order chi connectivity index (χ0) is 22.7. The Hall–Kier alpha value is -1.76. The van der Waals surface area contributed by atoms with Crippen LogP contribution in [0.1, 0.15) is 55.3 Å². The number of aromatic nitrogens is 1. The lowest BCUT2D eigenvalue weighted by molar-refractivity contribution is 0.0884. The van der Waals surface area contributed by atoms with Gasteiger partial charge in [-0.15, -0.1) is 0 Å². The van der Waals surface area contributed by atoms with E-state index < -0.39 is 0 Å². The van der Waals surface area contributed by atoms with E-state index in [2.05, 4.69) is 33.1 Å². The lowest BCUT2D eigenvalue weighted by Crippen LogP contribution is -2.52. The van der Waals surface area contributed by atoms with E-state index >= 15 is 0 Å². The van der Waals surface area contributed by atoms with Gasteiger partial charge in [0.05, 0.1) is 21.9 Å². The Morgan fingerprint density at radius 1 is 1.19 bits per heavy atom. The third-order valence-corrected chi connectivity index (χ3v) is 7.90. The smallest absolute Gasteiger partial charge is 0.307 e. The summed E-state index contributed by atoms with van der Waals surface area (Å²) in [6, 6.07) is 4.75. The molecule has 1 atom stereocenters. The van der Waals surface area contributed by atoms with Crippen LogP contribution < -0.4 is 10.2 Å². The summed E-state index contributed by atoms with van der Waals surface area (Å²) >= 11 is 12.9. The van der Waals surface area contributed by atoms with Crippen molar-refractivity contribution in [1.29, 1.82) is 0 Å². The molecule has 2 aromatic rings. The lowest BCUT2D eigenvalue weighted by Gasteiger charge is -2.42. The van der Waals surface area contributed by atoms with E-state index in [1.165, 1.54) is 18.9 Å². The van der Waals surface area contributed by atoms with E-state index in [0.29, 0.717) is 16.1 Å². The fourth-order valence-electron chi connectivity index (χ4n) is 4.99. The van der Waals surface area contributed by atoms with Gasteiger partial charge in [-0.3, -0.25) is 9.69 Å². The Balaban J connectivity index is 1.20. The number of rotatable bonds is 6. The molecule has 1 aromatic carbocycles. The van der Waals surface area contributed by atoms with Gasteiger partial charge in [0, 0.05) is 31.7 Å². The molecule has 174 valence electrons. The first kappa shape index (κ1) is 23.4. The van der Waals surface area contributed by atoms with Gasteiger partial charge >= 0.3 is 5.91 Å². The van der Waals surface area contributed by atoms with Crippen molar-refractivity contribution in [2.24, 2.45) is 5.92 Å². The molecule has 1 unspecified atom stereocenters. The molecule has 1 aliphatic carbocycles. The van der Waals surface area contributed by atoms with Crippen molar-refractivity contribution < 1.29 is 9.21 Å². The molecule has 1 saturated heterocycles. The molecule has 0 radical (unpaired) electrons. The van der Waals surface area contributed by atoms with Crippen molar-refractivity contribution in [1.82, 2.24) is 15.2 Å². The molecule has 2 fully saturated rings. The predicted molar refractivity (Wildman–Crippen MR) is 129 cm³/mol. The van der Waals surface area contributed by atoms with Gasteiger partial charge in [-0.1, -0.05) is 29.3 Å². The largest absolute Gasteiger partial charge is 0.441 e. The van der Waals surface area contributed by atoms with Crippen molar-refractivity contribution in [3.05, 3.63) is 46.1 Å². The Morgan fingerprint density at radius 2 is 1.97 bits per heavy atom. The van der Waals surface area contributed by atoms with E-state index in [4.69, 9.17) is 27.6 Å². The molecular formula is C24H32Cl2N4O2. The standard InChI is InChI=1S/C24H32Cl2N4O2/c1-16-3-8-20(22(26)21(16)25)30-13-12-29(15-17(30)2)11-9-18-4-6-19(7-5-18)28-23(31)24-27-10-14-32-24/h3,8,10,14,17-19H,4-7,9,11-13,15H2,1-2H3,(H,28,31).